The molecule has 2 aliphatic rings. The Labute approximate surface area is 98.8 Å². The summed E-state index contributed by atoms with van der Waals surface area (Å²) >= 11 is 0. The number of nitrogens with one attached hydrogen (secondary N) is 1. The van der Waals surface area contributed by atoms with Crippen LogP contribution in [-0.4, -0.2) is 36.6 Å². The Bertz CT molecular complexity index is 275. The van der Waals surface area contributed by atoms with Crippen LogP contribution in [0, 0.1) is 17.2 Å². The molecule has 2 saturated carbocycles. The van der Waals surface area contributed by atoms with Crippen LogP contribution < -0.4 is 5.32 Å². The first-order valence-corrected chi connectivity index (χ1v) is 6.60. The van der Waals surface area contributed by atoms with Gasteiger partial charge in [-0.3, -0.25) is 4.90 Å². The first-order valence-electron chi connectivity index (χ1n) is 6.60. The molecule has 90 valence electrons. The predicted octanol–water partition coefficient (Wildman–Crippen LogP) is 1.75. The molecule has 0 bridgehead atoms. The lowest BCUT2D eigenvalue weighted by Gasteiger charge is -2.33. The maximum atomic E-state index is 9.47. The van der Waals surface area contributed by atoms with Crippen molar-refractivity contribution in [1.29, 1.82) is 5.26 Å². The normalized spacial score (nSPS) is 24.1. The summed E-state index contributed by atoms with van der Waals surface area (Å²) in [5, 5.41) is 12.8. The molecule has 0 heterocycles. The molecular weight excluding hydrogens is 198 g/mol. The summed E-state index contributed by atoms with van der Waals surface area (Å²) in [6, 6.07) is 3.31. The van der Waals surface area contributed by atoms with Crippen LogP contribution in [0.2, 0.25) is 0 Å². The standard InChI is InChI=1S/C13H23N3/c1-3-8-16(12-6-7-12)10-13(9-14,15-2)11-4-5-11/h11-12,15H,3-8,10H2,1-2H3. The molecule has 0 saturated heterocycles. The maximum absolute atomic E-state index is 9.47. The zero-order valence-electron chi connectivity index (χ0n) is 10.5. The molecule has 1 atom stereocenters. The molecule has 3 nitrogen and oxygen atoms in total. The number of nitrogens with zero attached hydrogens (tertiary/aromatic N) is 2. The Balaban J connectivity index is 2.00. The number of nitriles is 1. The molecule has 16 heavy (non-hydrogen) atoms. The molecule has 0 radical (unpaired) electrons. The van der Waals surface area contributed by atoms with Crippen molar-refractivity contribution >= 4 is 0 Å². The van der Waals surface area contributed by atoms with Gasteiger partial charge in [-0.05, 0) is 51.6 Å². The van der Waals surface area contributed by atoms with Gasteiger partial charge in [-0.1, -0.05) is 6.92 Å². The molecule has 1 unspecified atom stereocenters. The molecule has 2 fully saturated rings. The van der Waals surface area contributed by atoms with Crippen molar-refractivity contribution in [1.82, 2.24) is 10.2 Å². The van der Waals surface area contributed by atoms with Crippen molar-refractivity contribution in [3.8, 4) is 6.07 Å². The molecule has 0 amide bonds. The average molecular weight is 221 g/mol. The second kappa shape index (κ2) is 4.73. The van der Waals surface area contributed by atoms with Gasteiger partial charge in [-0.25, -0.2) is 0 Å². The van der Waals surface area contributed by atoms with E-state index in [1.165, 1.54) is 32.1 Å². The predicted molar refractivity (Wildman–Crippen MR) is 65.0 cm³/mol. The van der Waals surface area contributed by atoms with Gasteiger partial charge in [0.1, 0.15) is 5.54 Å². The van der Waals surface area contributed by atoms with E-state index >= 15 is 0 Å². The van der Waals surface area contributed by atoms with Crippen molar-refractivity contribution in [2.24, 2.45) is 5.92 Å². The summed E-state index contributed by atoms with van der Waals surface area (Å²) < 4.78 is 0. The van der Waals surface area contributed by atoms with Gasteiger partial charge in [-0.15, -0.1) is 0 Å². The fraction of sp³-hybridized carbons (Fsp3) is 0.923. The van der Waals surface area contributed by atoms with E-state index in [0.29, 0.717) is 5.92 Å². The van der Waals surface area contributed by atoms with E-state index < -0.39 is 0 Å². The molecule has 2 aliphatic carbocycles. The number of likely N-dealkylation sites (N-methyl/N-ethyl adjacent to an activating group) is 1. The van der Waals surface area contributed by atoms with Crippen molar-refractivity contribution < 1.29 is 0 Å². The summed E-state index contributed by atoms with van der Waals surface area (Å²) in [5.41, 5.74) is -0.280. The summed E-state index contributed by atoms with van der Waals surface area (Å²) in [4.78, 5) is 2.53. The Kier molecular flexibility index (Phi) is 3.51. The third kappa shape index (κ3) is 2.39. The first-order chi connectivity index (χ1) is 7.75. The Morgan fingerprint density at radius 3 is 2.44 bits per heavy atom. The lowest BCUT2D eigenvalue weighted by atomic mass is 9.94. The van der Waals surface area contributed by atoms with Crippen LogP contribution in [0.4, 0.5) is 0 Å². The van der Waals surface area contributed by atoms with Crippen molar-refractivity contribution in [2.45, 2.75) is 50.6 Å². The summed E-state index contributed by atoms with van der Waals surface area (Å²) in [7, 11) is 1.94. The van der Waals surface area contributed by atoms with E-state index in [-0.39, 0.29) is 5.54 Å². The minimum Gasteiger partial charge on any atom is -0.301 e. The molecule has 0 aromatic heterocycles. The van der Waals surface area contributed by atoms with Crippen molar-refractivity contribution in [3.05, 3.63) is 0 Å². The second-order valence-corrected chi connectivity index (χ2v) is 5.31. The highest BCUT2D eigenvalue weighted by Gasteiger charge is 2.47. The lowest BCUT2D eigenvalue weighted by molar-refractivity contribution is 0.194. The van der Waals surface area contributed by atoms with Crippen LogP contribution in [0.15, 0.2) is 0 Å². The molecular formula is C13H23N3. The summed E-state index contributed by atoms with van der Waals surface area (Å²) in [5.74, 6) is 0.584. The van der Waals surface area contributed by atoms with Crippen LogP contribution in [-0.2, 0) is 0 Å². The largest absolute Gasteiger partial charge is 0.301 e. The summed E-state index contributed by atoms with van der Waals surface area (Å²) in [6.07, 6.45) is 6.29. The van der Waals surface area contributed by atoms with E-state index in [2.05, 4.69) is 23.2 Å². The first kappa shape index (κ1) is 11.9. The van der Waals surface area contributed by atoms with E-state index in [0.717, 1.165) is 19.1 Å². The van der Waals surface area contributed by atoms with Crippen molar-refractivity contribution in [2.75, 3.05) is 20.1 Å². The van der Waals surface area contributed by atoms with Gasteiger partial charge in [0.25, 0.3) is 0 Å². The maximum Gasteiger partial charge on any atom is 0.122 e. The second-order valence-electron chi connectivity index (χ2n) is 5.31. The average Bonchev–Trinajstić information content (AvgIpc) is 3.17. The highest BCUT2D eigenvalue weighted by atomic mass is 15.2. The fourth-order valence-electron chi connectivity index (χ4n) is 2.61. The van der Waals surface area contributed by atoms with Crippen LogP contribution >= 0.6 is 0 Å². The monoisotopic (exact) mass is 221 g/mol. The number of rotatable bonds is 7. The van der Waals surface area contributed by atoms with E-state index in [4.69, 9.17) is 0 Å². The van der Waals surface area contributed by atoms with Gasteiger partial charge in [0.05, 0.1) is 6.07 Å². The van der Waals surface area contributed by atoms with Crippen LogP contribution in [0.25, 0.3) is 0 Å². The Hall–Kier alpha value is -0.590. The molecule has 0 aliphatic heterocycles. The van der Waals surface area contributed by atoms with Gasteiger partial charge >= 0.3 is 0 Å². The van der Waals surface area contributed by atoms with Crippen LogP contribution in [0.5, 0.6) is 0 Å². The zero-order chi connectivity index (χ0) is 11.6. The minimum absolute atomic E-state index is 0.280. The van der Waals surface area contributed by atoms with E-state index in [1.807, 2.05) is 7.05 Å². The Morgan fingerprint density at radius 2 is 2.06 bits per heavy atom. The molecule has 0 aromatic rings. The van der Waals surface area contributed by atoms with Crippen LogP contribution in [0.1, 0.15) is 39.0 Å². The minimum atomic E-state index is -0.280. The SMILES string of the molecule is CCCN(CC(C#N)(NC)C1CC1)C1CC1. The fourth-order valence-corrected chi connectivity index (χ4v) is 2.61. The van der Waals surface area contributed by atoms with Crippen LogP contribution in [0.3, 0.4) is 0 Å². The van der Waals surface area contributed by atoms with Crippen molar-refractivity contribution in [3.63, 3.8) is 0 Å². The number of hydrogen-bond donors (Lipinski definition) is 1. The lowest BCUT2D eigenvalue weighted by Crippen LogP contribution is -2.53. The van der Waals surface area contributed by atoms with Gasteiger partial charge in [-0.2, -0.15) is 5.26 Å². The quantitative estimate of drug-likeness (QED) is 0.712. The summed E-state index contributed by atoms with van der Waals surface area (Å²) in [6.45, 7) is 4.28. The zero-order valence-corrected chi connectivity index (χ0v) is 10.5. The molecule has 1 N–H and O–H groups in total. The number of hydrogen-bond acceptors (Lipinski definition) is 3. The molecule has 3 heteroatoms. The van der Waals surface area contributed by atoms with Gasteiger partial charge in [0, 0.05) is 12.6 Å². The third-order valence-electron chi connectivity index (χ3n) is 3.95. The molecule has 0 spiro atoms. The van der Waals surface area contributed by atoms with Gasteiger partial charge < -0.3 is 5.32 Å². The Morgan fingerprint density at radius 1 is 1.38 bits per heavy atom. The van der Waals surface area contributed by atoms with Gasteiger partial charge in [0.15, 0.2) is 0 Å². The highest BCUT2D eigenvalue weighted by molar-refractivity contribution is 5.16. The topological polar surface area (TPSA) is 39.1 Å². The molecule has 0 aromatic carbocycles. The van der Waals surface area contributed by atoms with E-state index in [1.54, 1.807) is 0 Å². The third-order valence-corrected chi connectivity index (χ3v) is 3.95. The van der Waals surface area contributed by atoms with Gasteiger partial charge in [0.2, 0.25) is 0 Å². The van der Waals surface area contributed by atoms with E-state index in [9.17, 15) is 5.26 Å². The highest BCUT2D eigenvalue weighted by Crippen LogP contribution is 2.41. The smallest absolute Gasteiger partial charge is 0.122 e. The molecule has 2 rings (SSSR count).